The molecule has 4 rings (SSSR count). The Hall–Kier alpha value is -4.25. The second kappa shape index (κ2) is 10.3. The number of aromatic nitrogens is 4. The molecule has 0 radical (unpaired) electrons. The SMILES string of the molecule is CN(c1c(C#N)c(=O)n(C)c2ccc(C#N)nc12)C1CCC(/C(=N/OC(C)(C)C)c2cc(F)nn2C)CC1. The minimum atomic E-state index is -0.579. The molecular weight excluding hydrogens is 487 g/mol. The van der Waals surface area contributed by atoms with Crippen molar-refractivity contribution in [1.29, 1.82) is 10.5 Å². The lowest BCUT2D eigenvalue weighted by Crippen LogP contribution is -2.39. The van der Waals surface area contributed by atoms with Crippen LogP contribution in [0.5, 0.6) is 0 Å². The maximum absolute atomic E-state index is 13.9. The van der Waals surface area contributed by atoms with Gasteiger partial charge in [-0.15, -0.1) is 5.10 Å². The van der Waals surface area contributed by atoms with E-state index in [-0.39, 0.29) is 23.2 Å². The van der Waals surface area contributed by atoms with Gasteiger partial charge >= 0.3 is 0 Å². The number of nitrogens with zero attached hydrogens (tertiary/aromatic N) is 8. The number of nitriles is 2. The molecule has 0 aliphatic heterocycles. The van der Waals surface area contributed by atoms with Crippen LogP contribution in [0, 0.1) is 34.5 Å². The minimum absolute atomic E-state index is 0.00148. The Bertz CT molecular complexity index is 1540. The summed E-state index contributed by atoms with van der Waals surface area (Å²) in [4.78, 5) is 25.2. The Morgan fingerprint density at radius 2 is 1.87 bits per heavy atom. The molecule has 1 aliphatic carbocycles. The fraction of sp³-hybridized carbons (Fsp3) is 0.481. The number of hydrogen-bond donors (Lipinski definition) is 0. The Balaban J connectivity index is 1.67. The van der Waals surface area contributed by atoms with Gasteiger partial charge in [-0.2, -0.15) is 14.9 Å². The van der Waals surface area contributed by atoms with Gasteiger partial charge in [0.15, 0.2) is 0 Å². The van der Waals surface area contributed by atoms with Crippen molar-refractivity contribution in [2.75, 3.05) is 11.9 Å². The van der Waals surface area contributed by atoms with E-state index in [2.05, 4.69) is 21.3 Å². The maximum Gasteiger partial charge on any atom is 0.270 e. The highest BCUT2D eigenvalue weighted by molar-refractivity contribution is 6.00. The number of halogens is 1. The quantitative estimate of drug-likeness (QED) is 0.372. The summed E-state index contributed by atoms with van der Waals surface area (Å²) < 4.78 is 16.8. The zero-order chi connectivity index (χ0) is 27.8. The van der Waals surface area contributed by atoms with Crippen molar-refractivity contribution in [3.8, 4) is 12.1 Å². The molecule has 0 amide bonds. The fourth-order valence-corrected chi connectivity index (χ4v) is 5.01. The first-order valence-electron chi connectivity index (χ1n) is 12.5. The third-order valence-electron chi connectivity index (χ3n) is 6.96. The number of pyridine rings is 2. The highest BCUT2D eigenvalue weighted by atomic mass is 19.1. The third kappa shape index (κ3) is 5.10. The summed E-state index contributed by atoms with van der Waals surface area (Å²) in [5.74, 6) is -0.568. The summed E-state index contributed by atoms with van der Waals surface area (Å²) in [6.45, 7) is 5.70. The molecule has 1 aliphatic rings. The Kier molecular flexibility index (Phi) is 7.23. The van der Waals surface area contributed by atoms with Crippen molar-refractivity contribution in [2.24, 2.45) is 25.2 Å². The first-order valence-corrected chi connectivity index (χ1v) is 12.5. The zero-order valence-corrected chi connectivity index (χ0v) is 22.5. The molecule has 3 heterocycles. The van der Waals surface area contributed by atoms with Gasteiger partial charge in [-0.25, -0.2) is 4.98 Å². The molecule has 1 saturated carbocycles. The molecular formula is C27H31FN8O2. The third-order valence-corrected chi connectivity index (χ3v) is 6.96. The van der Waals surface area contributed by atoms with Crippen LogP contribution < -0.4 is 10.5 Å². The van der Waals surface area contributed by atoms with Crippen LogP contribution >= 0.6 is 0 Å². The van der Waals surface area contributed by atoms with Crippen LogP contribution in [-0.2, 0) is 18.9 Å². The summed E-state index contributed by atoms with van der Waals surface area (Å²) in [5, 5.41) is 27.6. The molecule has 198 valence electrons. The Labute approximate surface area is 220 Å². The first kappa shape index (κ1) is 26.8. The number of rotatable bonds is 5. The fourth-order valence-electron chi connectivity index (χ4n) is 5.01. The van der Waals surface area contributed by atoms with Crippen molar-refractivity contribution < 1.29 is 9.23 Å². The monoisotopic (exact) mass is 518 g/mol. The minimum Gasteiger partial charge on any atom is -0.390 e. The normalized spacial score (nSPS) is 18.2. The molecule has 3 aromatic rings. The second-order valence-corrected chi connectivity index (χ2v) is 10.6. The van der Waals surface area contributed by atoms with Gasteiger partial charge in [0.2, 0.25) is 5.95 Å². The molecule has 0 saturated heterocycles. The summed E-state index contributed by atoms with van der Waals surface area (Å²) in [5.41, 5.74) is 1.94. The zero-order valence-electron chi connectivity index (χ0n) is 22.5. The molecule has 0 atom stereocenters. The predicted octanol–water partition coefficient (Wildman–Crippen LogP) is 3.76. The van der Waals surface area contributed by atoms with E-state index in [1.54, 1.807) is 26.2 Å². The highest BCUT2D eigenvalue weighted by Gasteiger charge is 2.32. The lowest BCUT2D eigenvalue weighted by Gasteiger charge is -2.37. The van der Waals surface area contributed by atoms with E-state index >= 15 is 0 Å². The predicted molar refractivity (Wildman–Crippen MR) is 141 cm³/mol. The van der Waals surface area contributed by atoms with Crippen molar-refractivity contribution in [3.05, 3.63) is 51.5 Å². The number of oxime groups is 1. The Morgan fingerprint density at radius 3 is 2.42 bits per heavy atom. The van der Waals surface area contributed by atoms with Crippen molar-refractivity contribution >= 4 is 22.4 Å². The number of hydrogen-bond acceptors (Lipinski definition) is 8. The van der Waals surface area contributed by atoms with E-state index in [0.717, 1.165) is 25.7 Å². The molecule has 3 aromatic heterocycles. The molecule has 11 heteroatoms. The van der Waals surface area contributed by atoms with Gasteiger partial charge in [-0.1, -0.05) is 5.16 Å². The molecule has 0 N–H and O–H groups in total. The topological polar surface area (TPSA) is 125 Å². The van der Waals surface area contributed by atoms with E-state index in [4.69, 9.17) is 4.84 Å². The van der Waals surface area contributed by atoms with Crippen LogP contribution in [0.2, 0.25) is 0 Å². The van der Waals surface area contributed by atoms with Gasteiger partial charge in [0.05, 0.1) is 16.9 Å². The average molecular weight is 519 g/mol. The van der Waals surface area contributed by atoms with Crippen LogP contribution in [0.15, 0.2) is 28.1 Å². The molecule has 0 spiro atoms. The molecule has 0 unspecified atom stereocenters. The average Bonchev–Trinajstić information content (AvgIpc) is 3.22. The van der Waals surface area contributed by atoms with Gasteiger partial charge in [-0.3, -0.25) is 9.48 Å². The van der Waals surface area contributed by atoms with E-state index in [9.17, 15) is 19.7 Å². The molecule has 0 aromatic carbocycles. The number of fused-ring (bicyclic) bond motifs is 1. The van der Waals surface area contributed by atoms with E-state index in [0.29, 0.717) is 28.1 Å². The second-order valence-electron chi connectivity index (χ2n) is 10.6. The maximum atomic E-state index is 13.9. The van der Waals surface area contributed by atoms with Gasteiger partial charge in [-0.05, 0) is 58.6 Å². The molecule has 0 bridgehead atoms. The van der Waals surface area contributed by atoms with Crippen LogP contribution in [-0.4, -0.2) is 43.7 Å². The van der Waals surface area contributed by atoms with Crippen molar-refractivity contribution in [1.82, 2.24) is 19.3 Å². The molecule has 1 fully saturated rings. The summed E-state index contributed by atoms with van der Waals surface area (Å²) in [7, 11) is 5.13. The Morgan fingerprint density at radius 1 is 1.18 bits per heavy atom. The van der Waals surface area contributed by atoms with Crippen LogP contribution in [0.4, 0.5) is 10.1 Å². The van der Waals surface area contributed by atoms with Gasteiger partial charge in [0.25, 0.3) is 5.56 Å². The van der Waals surface area contributed by atoms with E-state index < -0.39 is 17.1 Å². The van der Waals surface area contributed by atoms with Crippen LogP contribution in [0.1, 0.15) is 63.4 Å². The van der Waals surface area contributed by atoms with Crippen molar-refractivity contribution in [2.45, 2.75) is 58.1 Å². The van der Waals surface area contributed by atoms with Gasteiger partial charge < -0.3 is 14.3 Å². The summed E-state index contributed by atoms with van der Waals surface area (Å²) >= 11 is 0. The van der Waals surface area contributed by atoms with Crippen LogP contribution in [0.25, 0.3) is 11.0 Å². The van der Waals surface area contributed by atoms with Crippen LogP contribution in [0.3, 0.4) is 0 Å². The highest BCUT2D eigenvalue weighted by Crippen LogP contribution is 2.35. The summed E-state index contributed by atoms with van der Waals surface area (Å²) in [6.07, 6.45) is 2.93. The van der Waals surface area contributed by atoms with Gasteiger partial charge in [0.1, 0.15) is 40.2 Å². The van der Waals surface area contributed by atoms with E-state index in [1.165, 1.54) is 15.3 Å². The first-order chi connectivity index (χ1) is 17.9. The van der Waals surface area contributed by atoms with Crippen molar-refractivity contribution in [3.63, 3.8) is 0 Å². The lowest BCUT2D eigenvalue weighted by molar-refractivity contribution is -0.000114. The number of anilines is 1. The largest absolute Gasteiger partial charge is 0.390 e. The number of aryl methyl sites for hydroxylation is 2. The van der Waals surface area contributed by atoms with E-state index in [1.807, 2.05) is 38.8 Å². The smallest absolute Gasteiger partial charge is 0.270 e. The standard InChI is InChI=1S/C27H31FN8O2/c1-27(2,3)38-33-23(21-13-22(28)32-36(21)6)16-7-10-18(11-8-16)34(4)25-19(15-30)26(37)35(5)20-12-9-17(14-29)31-24(20)25/h9,12-13,16,18H,7-8,10-11H2,1-6H3/b33-23-. The summed E-state index contributed by atoms with van der Waals surface area (Å²) in [6, 6.07) is 8.72. The van der Waals surface area contributed by atoms with Gasteiger partial charge in [0, 0.05) is 39.2 Å². The lowest BCUT2D eigenvalue weighted by atomic mass is 9.81. The molecule has 38 heavy (non-hydrogen) atoms. The molecule has 10 nitrogen and oxygen atoms in total.